The van der Waals surface area contributed by atoms with Gasteiger partial charge in [-0.1, -0.05) is 28.6 Å². The minimum Gasteiger partial charge on any atom is -0.489 e. The van der Waals surface area contributed by atoms with Crippen molar-refractivity contribution in [2.24, 2.45) is 0 Å². The number of hydrogen-bond donors (Lipinski definition) is 0. The van der Waals surface area contributed by atoms with E-state index in [0.717, 1.165) is 12.1 Å². The standard InChI is InChI=1S/C10H9BrF2O/c1-2-3-14-7-4-9(12)8(6-11)10(13)5-7/h2,4-5H,1,3,6H2. The van der Waals surface area contributed by atoms with E-state index in [9.17, 15) is 8.78 Å². The molecule has 0 saturated heterocycles. The normalized spacial score (nSPS) is 9.93. The molecule has 0 saturated carbocycles. The van der Waals surface area contributed by atoms with Crippen LogP contribution in [0.15, 0.2) is 24.8 Å². The average Bonchev–Trinajstić information content (AvgIpc) is 2.14. The van der Waals surface area contributed by atoms with Gasteiger partial charge < -0.3 is 4.74 Å². The van der Waals surface area contributed by atoms with E-state index >= 15 is 0 Å². The second-order valence-corrected chi connectivity index (χ2v) is 3.16. The lowest BCUT2D eigenvalue weighted by molar-refractivity contribution is 0.357. The topological polar surface area (TPSA) is 9.23 Å². The number of rotatable bonds is 4. The fourth-order valence-corrected chi connectivity index (χ4v) is 1.48. The van der Waals surface area contributed by atoms with Gasteiger partial charge in [0.05, 0.1) is 0 Å². The van der Waals surface area contributed by atoms with Crippen LogP contribution < -0.4 is 4.74 Å². The molecule has 0 fully saturated rings. The highest BCUT2D eigenvalue weighted by Gasteiger charge is 2.10. The van der Waals surface area contributed by atoms with Gasteiger partial charge in [-0.05, 0) is 0 Å². The maximum atomic E-state index is 13.2. The van der Waals surface area contributed by atoms with Gasteiger partial charge in [0, 0.05) is 23.0 Å². The Morgan fingerprint density at radius 2 is 1.93 bits per heavy atom. The monoisotopic (exact) mass is 262 g/mol. The molecule has 0 N–H and O–H groups in total. The van der Waals surface area contributed by atoms with Gasteiger partial charge in [0.2, 0.25) is 0 Å². The quantitative estimate of drug-likeness (QED) is 0.597. The van der Waals surface area contributed by atoms with Crippen molar-refractivity contribution in [1.82, 2.24) is 0 Å². The van der Waals surface area contributed by atoms with Crippen LogP contribution in [0.3, 0.4) is 0 Å². The molecule has 0 bridgehead atoms. The molecule has 1 rings (SSSR count). The van der Waals surface area contributed by atoms with Crippen molar-refractivity contribution < 1.29 is 13.5 Å². The van der Waals surface area contributed by atoms with Gasteiger partial charge in [0.15, 0.2) is 0 Å². The number of hydrogen-bond acceptors (Lipinski definition) is 1. The van der Waals surface area contributed by atoms with E-state index in [1.54, 1.807) is 0 Å². The first-order chi connectivity index (χ1) is 6.69. The van der Waals surface area contributed by atoms with E-state index in [4.69, 9.17) is 4.74 Å². The molecule has 4 heteroatoms. The summed E-state index contributed by atoms with van der Waals surface area (Å²) in [6, 6.07) is 2.31. The lowest BCUT2D eigenvalue weighted by Gasteiger charge is -2.06. The van der Waals surface area contributed by atoms with Crippen LogP contribution in [0.4, 0.5) is 8.78 Å². The summed E-state index contributed by atoms with van der Waals surface area (Å²) in [5.74, 6) is -1.05. The molecule has 0 aliphatic carbocycles. The van der Waals surface area contributed by atoms with Crippen molar-refractivity contribution in [2.75, 3.05) is 6.61 Å². The lowest BCUT2D eigenvalue weighted by Crippen LogP contribution is -1.98. The minimum absolute atomic E-state index is 0.0101. The SMILES string of the molecule is C=CCOc1cc(F)c(CBr)c(F)c1. The molecule has 0 amide bonds. The van der Waals surface area contributed by atoms with E-state index in [-0.39, 0.29) is 23.2 Å². The number of alkyl halides is 1. The predicted octanol–water partition coefficient (Wildman–Crippen LogP) is 3.42. The smallest absolute Gasteiger partial charge is 0.133 e. The maximum Gasteiger partial charge on any atom is 0.133 e. The first kappa shape index (κ1) is 11.2. The zero-order valence-electron chi connectivity index (χ0n) is 7.40. The molecule has 0 aromatic heterocycles. The van der Waals surface area contributed by atoms with Crippen molar-refractivity contribution in [3.05, 3.63) is 42.0 Å². The van der Waals surface area contributed by atoms with Crippen molar-refractivity contribution in [3.8, 4) is 5.75 Å². The van der Waals surface area contributed by atoms with E-state index in [0.29, 0.717) is 0 Å². The molecule has 0 atom stereocenters. The minimum atomic E-state index is -0.610. The molecule has 1 nitrogen and oxygen atoms in total. The van der Waals surface area contributed by atoms with Gasteiger partial charge in [-0.15, -0.1) is 0 Å². The number of ether oxygens (including phenoxy) is 1. The summed E-state index contributed by atoms with van der Waals surface area (Å²) in [6.07, 6.45) is 1.51. The Morgan fingerprint density at radius 3 is 2.36 bits per heavy atom. The molecule has 1 aromatic rings. The van der Waals surface area contributed by atoms with Gasteiger partial charge in [0.25, 0.3) is 0 Å². The largest absolute Gasteiger partial charge is 0.489 e. The summed E-state index contributed by atoms with van der Waals surface area (Å²) in [5, 5.41) is 0.145. The van der Waals surface area contributed by atoms with Crippen LogP contribution in [-0.2, 0) is 5.33 Å². The molecule has 0 aliphatic rings. The average molecular weight is 263 g/mol. The Labute approximate surface area is 89.5 Å². The Balaban J connectivity index is 2.95. The van der Waals surface area contributed by atoms with Crippen molar-refractivity contribution >= 4 is 15.9 Å². The van der Waals surface area contributed by atoms with E-state index < -0.39 is 11.6 Å². The third kappa shape index (κ3) is 2.54. The summed E-state index contributed by atoms with van der Waals surface area (Å²) in [5.41, 5.74) is 0.0101. The number of halogens is 3. The van der Waals surface area contributed by atoms with Gasteiger partial charge in [0.1, 0.15) is 24.0 Å². The fourth-order valence-electron chi connectivity index (χ4n) is 0.946. The molecule has 1 aromatic carbocycles. The summed E-state index contributed by atoms with van der Waals surface area (Å²) in [6.45, 7) is 3.66. The van der Waals surface area contributed by atoms with Crippen molar-refractivity contribution in [2.45, 2.75) is 5.33 Å². The zero-order chi connectivity index (χ0) is 10.6. The van der Waals surface area contributed by atoms with Crippen LogP contribution in [0.25, 0.3) is 0 Å². The fraction of sp³-hybridized carbons (Fsp3) is 0.200. The van der Waals surface area contributed by atoms with E-state index in [1.165, 1.54) is 6.08 Å². The van der Waals surface area contributed by atoms with Crippen LogP contribution in [0.5, 0.6) is 5.75 Å². The molecule has 14 heavy (non-hydrogen) atoms. The van der Waals surface area contributed by atoms with Crippen LogP contribution >= 0.6 is 15.9 Å². The van der Waals surface area contributed by atoms with Crippen LogP contribution in [-0.4, -0.2) is 6.61 Å². The van der Waals surface area contributed by atoms with Gasteiger partial charge >= 0.3 is 0 Å². The Kier molecular flexibility index (Phi) is 4.07. The van der Waals surface area contributed by atoms with Gasteiger partial charge in [-0.25, -0.2) is 8.78 Å². The molecular formula is C10H9BrF2O. The van der Waals surface area contributed by atoms with Crippen LogP contribution in [0, 0.1) is 11.6 Å². The van der Waals surface area contributed by atoms with E-state index in [2.05, 4.69) is 22.5 Å². The summed E-state index contributed by atoms with van der Waals surface area (Å²) in [4.78, 5) is 0. The Bertz CT molecular complexity index is 316. The summed E-state index contributed by atoms with van der Waals surface area (Å²) in [7, 11) is 0. The second-order valence-electron chi connectivity index (χ2n) is 2.60. The zero-order valence-corrected chi connectivity index (χ0v) is 8.98. The molecule has 0 heterocycles. The number of benzene rings is 1. The third-order valence-electron chi connectivity index (χ3n) is 1.62. The molecular weight excluding hydrogens is 254 g/mol. The molecule has 0 aliphatic heterocycles. The molecule has 0 unspecified atom stereocenters. The third-order valence-corrected chi connectivity index (χ3v) is 2.18. The molecule has 0 spiro atoms. The highest BCUT2D eigenvalue weighted by atomic mass is 79.9. The van der Waals surface area contributed by atoms with Gasteiger partial charge in [-0.2, -0.15) is 0 Å². The van der Waals surface area contributed by atoms with Crippen LogP contribution in [0.1, 0.15) is 5.56 Å². The Morgan fingerprint density at radius 1 is 1.36 bits per heavy atom. The Hall–Kier alpha value is -0.900. The predicted molar refractivity (Wildman–Crippen MR) is 54.7 cm³/mol. The van der Waals surface area contributed by atoms with Crippen molar-refractivity contribution in [1.29, 1.82) is 0 Å². The summed E-state index contributed by atoms with van der Waals surface area (Å²) >= 11 is 3.00. The highest BCUT2D eigenvalue weighted by molar-refractivity contribution is 9.08. The van der Waals surface area contributed by atoms with Crippen molar-refractivity contribution in [3.63, 3.8) is 0 Å². The maximum absolute atomic E-state index is 13.2. The molecule has 0 radical (unpaired) electrons. The lowest BCUT2D eigenvalue weighted by atomic mass is 10.2. The first-order valence-corrected chi connectivity index (χ1v) is 5.08. The second kappa shape index (κ2) is 5.10. The van der Waals surface area contributed by atoms with Crippen LogP contribution in [0.2, 0.25) is 0 Å². The first-order valence-electron chi connectivity index (χ1n) is 3.96. The summed E-state index contributed by atoms with van der Waals surface area (Å²) < 4.78 is 31.3. The highest BCUT2D eigenvalue weighted by Crippen LogP contribution is 2.22. The van der Waals surface area contributed by atoms with Gasteiger partial charge in [-0.3, -0.25) is 0 Å². The van der Waals surface area contributed by atoms with E-state index in [1.807, 2.05) is 0 Å². The molecule has 76 valence electrons.